The van der Waals surface area contributed by atoms with E-state index in [2.05, 4.69) is 10.6 Å². The molecule has 1 rings (SSSR count). The van der Waals surface area contributed by atoms with Crippen molar-refractivity contribution in [3.8, 4) is 0 Å². The summed E-state index contributed by atoms with van der Waals surface area (Å²) in [6.45, 7) is 2.57. The van der Waals surface area contributed by atoms with Crippen LogP contribution in [0.25, 0.3) is 0 Å². The highest BCUT2D eigenvalue weighted by molar-refractivity contribution is 5.89. The smallest absolute Gasteiger partial charge is 0.319 e. The fourth-order valence-corrected chi connectivity index (χ4v) is 1.85. The van der Waals surface area contributed by atoms with Crippen molar-refractivity contribution in [2.45, 2.75) is 39.0 Å². The molecule has 0 bridgehead atoms. The molecule has 0 atom stereocenters. The molecule has 3 N–H and O–H groups in total. The summed E-state index contributed by atoms with van der Waals surface area (Å²) in [7, 11) is 0. The molecular formula is C15H22N2O3. The molecule has 0 aromatic heterocycles. The Morgan fingerprint density at radius 2 is 1.90 bits per heavy atom. The van der Waals surface area contributed by atoms with Crippen molar-refractivity contribution in [2.24, 2.45) is 0 Å². The van der Waals surface area contributed by atoms with Crippen molar-refractivity contribution in [3.05, 3.63) is 29.8 Å². The SMILES string of the molecule is Cc1cccc(NC(=O)NCCCCCCC(=O)O)c1. The van der Waals surface area contributed by atoms with E-state index in [1.54, 1.807) is 0 Å². The van der Waals surface area contributed by atoms with E-state index in [-0.39, 0.29) is 12.5 Å². The van der Waals surface area contributed by atoms with E-state index in [0.29, 0.717) is 13.0 Å². The third-order valence-corrected chi connectivity index (χ3v) is 2.88. The van der Waals surface area contributed by atoms with Gasteiger partial charge in [-0.1, -0.05) is 25.0 Å². The minimum atomic E-state index is -0.749. The van der Waals surface area contributed by atoms with E-state index < -0.39 is 5.97 Å². The molecule has 0 fully saturated rings. The van der Waals surface area contributed by atoms with Gasteiger partial charge in [-0.05, 0) is 37.5 Å². The Kier molecular flexibility index (Phi) is 7.17. The van der Waals surface area contributed by atoms with Crippen molar-refractivity contribution in [1.82, 2.24) is 5.32 Å². The molecule has 0 aliphatic rings. The average molecular weight is 278 g/mol. The number of hydrogen-bond donors (Lipinski definition) is 3. The monoisotopic (exact) mass is 278 g/mol. The van der Waals surface area contributed by atoms with Crippen LogP contribution in [-0.4, -0.2) is 23.7 Å². The first-order chi connectivity index (χ1) is 9.58. The summed E-state index contributed by atoms with van der Waals surface area (Å²) in [6.07, 6.45) is 3.60. The number of unbranched alkanes of at least 4 members (excludes halogenated alkanes) is 3. The van der Waals surface area contributed by atoms with Gasteiger partial charge in [0.2, 0.25) is 0 Å². The van der Waals surface area contributed by atoms with E-state index in [0.717, 1.165) is 30.5 Å². The Hall–Kier alpha value is -2.04. The zero-order chi connectivity index (χ0) is 14.8. The van der Waals surface area contributed by atoms with E-state index in [1.807, 2.05) is 31.2 Å². The molecule has 0 radical (unpaired) electrons. The fraction of sp³-hybridized carbons (Fsp3) is 0.467. The molecule has 110 valence electrons. The van der Waals surface area contributed by atoms with E-state index in [1.165, 1.54) is 0 Å². The van der Waals surface area contributed by atoms with Gasteiger partial charge in [-0.2, -0.15) is 0 Å². The van der Waals surface area contributed by atoms with Gasteiger partial charge < -0.3 is 15.7 Å². The maximum atomic E-state index is 11.6. The summed E-state index contributed by atoms with van der Waals surface area (Å²) in [6, 6.07) is 7.42. The third kappa shape index (κ3) is 7.41. The van der Waals surface area contributed by atoms with E-state index >= 15 is 0 Å². The van der Waals surface area contributed by atoms with Crippen molar-refractivity contribution in [1.29, 1.82) is 0 Å². The topological polar surface area (TPSA) is 78.4 Å². The Bertz CT molecular complexity index is 446. The Morgan fingerprint density at radius 1 is 1.15 bits per heavy atom. The van der Waals surface area contributed by atoms with Crippen LogP contribution in [0.3, 0.4) is 0 Å². The van der Waals surface area contributed by atoms with Gasteiger partial charge in [0.15, 0.2) is 0 Å². The summed E-state index contributed by atoms with van der Waals surface area (Å²) in [4.78, 5) is 21.9. The molecule has 0 unspecified atom stereocenters. The largest absolute Gasteiger partial charge is 0.481 e. The molecule has 0 spiro atoms. The fourth-order valence-electron chi connectivity index (χ4n) is 1.85. The van der Waals surface area contributed by atoms with Crippen molar-refractivity contribution >= 4 is 17.7 Å². The van der Waals surface area contributed by atoms with Crippen molar-refractivity contribution in [3.63, 3.8) is 0 Å². The van der Waals surface area contributed by atoms with Crippen LogP contribution in [0.1, 0.15) is 37.7 Å². The van der Waals surface area contributed by atoms with Crippen LogP contribution < -0.4 is 10.6 Å². The molecule has 1 aromatic rings. The molecule has 0 saturated heterocycles. The summed E-state index contributed by atoms with van der Waals surface area (Å²) >= 11 is 0. The summed E-state index contributed by atoms with van der Waals surface area (Å²) in [5.41, 5.74) is 1.88. The Balaban J connectivity index is 2.07. The predicted octanol–water partition coefficient (Wildman–Crippen LogP) is 3.15. The number of aliphatic carboxylic acids is 1. The first-order valence-corrected chi connectivity index (χ1v) is 6.91. The Morgan fingerprint density at radius 3 is 2.60 bits per heavy atom. The first-order valence-electron chi connectivity index (χ1n) is 6.91. The number of carboxylic acids is 1. The minimum Gasteiger partial charge on any atom is -0.481 e. The lowest BCUT2D eigenvalue weighted by Crippen LogP contribution is -2.29. The number of rotatable bonds is 8. The van der Waals surface area contributed by atoms with Gasteiger partial charge >= 0.3 is 12.0 Å². The van der Waals surface area contributed by atoms with Crippen molar-refractivity contribution in [2.75, 3.05) is 11.9 Å². The third-order valence-electron chi connectivity index (χ3n) is 2.88. The molecule has 5 heteroatoms. The maximum absolute atomic E-state index is 11.6. The number of urea groups is 1. The summed E-state index contributed by atoms with van der Waals surface area (Å²) in [5.74, 6) is -0.749. The highest BCUT2D eigenvalue weighted by atomic mass is 16.4. The number of carboxylic acid groups (broad SMARTS) is 1. The van der Waals surface area contributed by atoms with Crippen molar-refractivity contribution < 1.29 is 14.7 Å². The lowest BCUT2D eigenvalue weighted by atomic mass is 10.1. The predicted molar refractivity (Wildman–Crippen MR) is 78.9 cm³/mol. The number of aryl methyl sites for hydroxylation is 1. The van der Waals surface area contributed by atoms with Crippen LogP contribution in [0, 0.1) is 6.92 Å². The first kappa shape index (κ1) is 16.0. The molecule has 0 saturated carbocycles. The average Bonchev–Trinajstić information content (AvgIpc) is 2.37. The highest BCUT2D eigenvalue weighted by Gasteiger charge is 2.01. The number of benzene rings is 1. The van der Waals surface area contributed by atoms with Gasteiger partial charge in [-0.3, -0.25) is 4.79 Å². The molecular weight excluding hydrogens is 256 g/mol. The van der Waals surface area contributed by atoms with Crippen LogP contribution in [0.2, 0.25) is 0 Å². The standard InChI is InChI=1S/C15H22N2O3/c1-12-7-6-8-13(11-12)17-15(20)16-10-5-3-2-4-9-14(18)19/h6-8,11H,2-5,9-10H2,1H3,(H,18,19)(H2,16,17,20). The van der Waals surface area contributed by atoms with Crippen LogP contribution >= 0.6 is 0 Å². The van der Waals surface area contributed by atoms with Gasteiger partial charge in [0.05, 0.1) is 0 Å². The molecule has 0 heterocycles. The highest BCUT2D eigenvalue weighted by Crippen LogP contribution is 2.09. The molecule has 0 aliphatic heterocycles. The van der Waals surface area contributed by atoms with E-state index in [4.69, 9.17) is 5.11 Å². The number of amides is 2. The quantitative estimate of drug-likeness (QED) is 0.639. The van der Waals surface area contributed by atoms with Gasteiger partial charge in [0, 0.05) is 18.7 Å². The number of carbonyl (C=O) groups excluding carboxylic acids is 1. The second-order valence-corrected chi connectivity index (χ2v) is 4.81. The van der Waals surface area contributed by atoms with Gasteiger partial charge in [-0.15, -0.1) is 0 Å². The number of anilines is 1. The van der Waals surface area contributed by atoms with Gasteiger partial charge in [-0.25, -0.2) is 4.79 Å². The lowest BCUT2D eigenvalue weighted by molar-refractivity contribution is -0.137. The molecule has 1 aromatic carbocycles. The van der Waals surface area contributed by atoms with Crippen LogP contribution in [0.15, 0.2) is 24.3 Å². The molecule has 0 aliphatic carbocycles. The van der Waals surface area contributed by atoms with E-state index in [9.17, 15) is 9.59 Å². The van der Waals surface area contributed by atoms with Crippen LogP contribution in [-0.2, 0) is 4.79 Å². The number of nitrogens with one attached hydrogen (secondary N) is 2. The van der Waals surface area contributed by atoms with Crippen LogP contribution in [0.4, 0.5) is 10.5 Å². The minimum absolute atomic E-state index is 0.207. The second-order valence-electron chi connectivity index (χ2n) is 4.81. The van der Waals surface area contributed by atoms with Crippen LogP contribution in [0.5, 0.6) is 0 Å². The van der Waals surface area contributed by atoms with Gasteiger partial charge in [0.1, 0.15) is 0 Å². The summed E-state index contributed by atoms with van der Waals surface area (Å²) in [5, 5.41) is 14.0. The normalized spacial score (nSPS) is 10.1. The molecule has 2 amide bonds. The maximum Gasteiger partial charge on any atom is 0.319 e. The number of hydrogen-bond acceptors (Lipinski definition) is 2. The molecule has 20 heavy (non-hydrogen) atoms. The zero-order valence-electron chi connectivity index (χ0n) is 11.8. The Labute approximate surface area is 119 Å². The lowest BCUT2D eigenvalue weighted by Gasteiger charge is -2.08. The molecule has 5 nitrogen and oxygen atoms in total. The van der Waals surface area contributed by atoms with Gasteiger partial charge in [0.25, 0.3) is 0 Å². The second kappa shape index (κ2) is 8.96. The number of carbonyl (C=O) groups is 2. The summed E-state index contributed by atoms with van der Waals surface area (Å²) < 4.78 is 0. The zero-order valence-corrected chi connectivity index (χ0v) is 11.8.